The van der Waals surface area contributed by atoms with E-state index in [9.17, 15) is 4.79 Å². The summed E-state index contributed by atoms with van der Waals surface area (Å²) < 4.78 is 5.83. The Morgan fingerprint density at radius 3 is 2.92 bits per heavy atom. The molecule has 6 nitrogen and oxygen atoms in total. The number of hydrogen-bond acceptors (Lipinski definition) is 4. The fourth-order valence-corrected chi connectivity index (χ4v) is 4.05. The van der Waals surface area contributed by atoms with Gasteiger partial charge in [-0.1, -0.05) is 0 Å². The van der Waals surface area contributed by atoms with Crippen LogP contribution >= 0.6 is 0 Å². The van der Waals surface area contributed by atoms with Gasteiger partial charge in [-0.25, -0.2) is 4.98 Å². The number of nitrogens with zero attached hydrogens (tertiary/aromatic N) is 2. The van der Waals surface area contributed by atoms with E-state index in [0.717, 1.165) is 43.9 Å². The molecule has 0 unspecified atom stereocenters. The number of rotatable bonds is 3. The Morgan fingerprint density at radius 1 is 1.19 bits per heavy atom. The van der Waals surface area contributed by atoms with E-state index in [-0.39, 0.29) is 5.56 Å². The van der Waals surface area contributed by atoms with E-state index >= 15 is 0 Å². The predicted octanol–water partition coefficient (Wildman–Crippen LogP) is 3.38. The van der Waals surface area contributed by atoms with Crippen molar-refractivity contribution in [3.63, 3.8) is 0 Å². The van der Waals surface area contributed by atoms with Crippen molar-refractivity contribution in [1.82, 2.24) is 19.9 Å². The maximum absolute atomic E-state index is 11.8. The summed E-state index contributed by atoms with van der Waals surface area (Å²) in [7, 11) is 0. The van der Waals surface area contributed by atoms with Crippen molar-refractivity contribution >= 4 is 22.0 Å². The monoisotopic (exact) mass is 348 g/mol. The smallest absolute Gasteiger partial charge is 0.259 e. The van der Waals surface area contributed by atoms with E-state index < -0.39 is 0 Å². The minimum atomic E-state index is -0.0934. The molecule has 26 heavy (non-hydrogen) atoms. The number of fused-ring (bicyclic) bond motifs is 2. The van der Waals surface area contributed by atoms with Gasteiger partial charge >= 0.3 is 0 Å². The first-order valence-corrected chi connectivity index (χ1v) is 9.02. The fourth-order valence-electron chi connectivity index (χ4n) is 4.05. The molecule has 1 saturated heterocycles. The molecule has 0 radical (unpaired) electrons. The third-order valence-electron chi connectivity index (χ3n) is 5.40. The van der Waals surface area contributed by atoms with Crippen LogP contribution in [0.4, 0.5) is 0 Å². The SMILES string of the molecule is O=c1[nH]ccc2oc(CN3CCC(c4c[nH]c5ncccc45)CC3)cc12. The van der Waals surface area contributed by atoms with Crippen LogP contribution in [-0.2, 0) is 6.54 Å². The summed E-state index contributed by atoms with van der Waals surface area (Å²) >= 11 is 0. The lowest BCUT2D eigenvalue weighted by Crippen LogP contribution is -2.32. The molecule has 0 atom stereocenters. The molecule has 132 valence electrons. The van der Waals surface area contributed by atoms with E-state index in [1.165, 1.54) is 10.9 Å². The molecular formula is C20H20N4O2. The first-order valence-electron chi connectivity index (χ1n) is 9.02. The molecule has 0 aromatic carbocycles. The first kappa shape index (κ1) is 15.4. The first-order chi connectivity index (χ1) is 12.8. The summed E-state index contributed by atoms with van der Waals surface area (Å²) in [4.78, 5) is 24.6. The summed E-state index contributed by atoms with van der Waals surface area (Å²) in [6, 6.07) is 7.81. The summed E-state index contributed by atoms with van der Waals surface area (Å²) in [6.07, 6.45) is 7.79. The highest BCUT2D eigenvalue weighted by Crippen LogP contribution is 2.33. The lowest BCUT2D eigenvalue weighted by atomic mass is 9.89. The molecule has 1 aliphatic rings. The quantitative estimate of drug-likeness (QED) is 0.595. The molecule has 4 aromatic rings. The molecule has 0 amide bonds. The highest BCUT2D eigenvalue weighted by Gasteiger charge is 2.23. The molecule has 5 rings (SSSR count). The Labute approximate surface area is 149 Å². The predicted molar refractivity (Wildman–Crippen MR) is 100 cm³/mol. The minimum absolute atomic E-state index is 0.0934. The Bertz CT molecular complexity index is 1120. The molecule has 2 N–H and O–H groups in total. The zero-order valence-electron chi connectivity index (χ0n) is 14.4. The van der Waals surface area contributed by atoms with Crippen LogP contribution in [0.2, 0.25) is 0 Å². The fraction of sp³-hybridized carbons (Fsp3) is 0.300. The highest BCUT2D eigenvalue weighted by molar-refractivity contribution is 5.80. The van der Waals surface area contributed by atoms with Gasteiger partial charge in [-0.15, -0.1) is 0 Å². The number of aromatic nitrogens is 3. The van der Waals surface area contributed by atoms with Crippen molar-refractivity contribution < 1.29 is 4.42 Å². The second-order valence-corrected chi connectivity index (χ2v) is 6.99. The molecule has 1 aliphatic heterocycles. The van der Waals surface area contributed by atoms with E-state index in [2.05, 4.69) is 32.1 Å². The largest absolute Gasteiger partial charge is 0.459 e. The number of nitrogens with one attached hydrogen (secondary N) is 2. The third-order valence-corrected chi connectivity index (χ3v) is 5.40. The Hall–Kier alpha value is -2.86. The molecule has 1 fully saturated rings. The number of likely N-dealkylation sites (tertiary alicyclic amines) is 1. The van der Waals surface area contributed by atoms with Crippen molar-refractivity contribution in [3.8, 4) is 0 Å². The van der Waals surface area contributed by atoms with Crippen molar-refractivity contribution in [2.75, 3.05) is 13.1 Å². The van der Waals surface area contributed by atoms with Crippen molar-refractivity contribution in [1.29, 1.82) is 0 Å². The average molecular weight is 348 g/mol. The van der Waals surface area contributed by atoms with Crippen LogP contribution < -0.4 is 5.56 Å². The average Bonchev–Trinajstić information content (AvgIpc) is 3.27. The van der Waals surface area contributed by atoms with Gasteiger partial charge in [-0.05, 0) is 61.7 Å². The standard InChI is InChI=1S/C20H20N4O2/c25-20-16-10-14(26-18(16)3-7-22-20)12-24-8-4-13(5-9-24)17-11-23-19-15(17)2-1-6-21-19/h1-3,6-7,10-11,13H,4-5,8-9,12H2,(H,21,23)(H,22,25). The lowest BCUT2D eigenvalue weighted by Gasteiger charge is -2.31. The van der Waals surface area contributed by atoms with Gasteiger partial charge in [-0.2, -0.15) is 0 Å². The van der Waals surface area contributed by atoms with Crippen molar-refractivity contribution in [3.05, 3.63) is 64.5 Å². The summed E-state index contributed by atoms with van der Waals surface area (Å²) in [6.45, 7) is 2.78. The van der Waals surface area contributed by atoms with Crippen LogP contribution in [0.3, 0.4) is 0 Å². The van der Waals surface area contributed by atoms with Crippen molar-refractivity contribution in [2.45, 2.75) is 25.3 Å². The van der Waals surface area contributed by atoms with Gasteiger partial charge in [0.15, 0.2) is 0 Å². The van der Waals surface area contributed by atoms with Gasteiger partial charge in [-0.3, -0.25) is 9.69 Å². The van der Waals surface area contributed by atoms with Crippen LogP contribution in [0.1, 0.15) is 30.1 Å². The normalized spacial score (nSPS) is 16.6. The van der Waals surface area contributed by atoms with E-state index in [1.54, 1.807) is 12.3 Å². The highest BCUT2D eigenvalue weighted by atomic mass is 16.3. The van der Waals surface area contributed by atoms with Gasteiger partial charge in [0.1, 0.15) is 17.0 Å². The number of hydrogen-bond donors (Lipinski definition) is 2. The van der Waals surface area contributed by atoms with Crippen LogP contribution in [0, 0.1) is 0 Å². The molecule has 0 spiro atoms. The molecule has 0 bridgehead atoms. The van der Waals surface area contributed by atoms with Crippen LogP contribution in [0.25, 0.3) is 22.0 Å². The topological polar surface area (TPSA) is 77.9 Å². The Morgan fingerprint density at radius 2 is 2.08 bits per heavy atom. The number of piperidine rings is 1. The van der Waals surface area contributed by atoms with E-state index in [4.69, 9.17) is 4.42 Å². The molecule has 5 heterocycles. The second kappa shape index (κ2) is 6.14. The van der Waals surface area contributed by atoms with Crippen LogP contribution in [-0.4, -0.2) is 32.9 Å². The number of pyridine rings is 2. The van der Waals surface area contributed by atoms with Crippen LogP contribution in [0.15, 0.2) is 52.1 Å². The third kappa shape index (κ3) is 2.63. The summed E-state index contributed by atoms with van der Waals surface area (Å²) in [5.74, 6) is 1.41. The molecule has 4 aromatic heterocycles. The zero-order chi connectivity index (χ0) is 17.5. The lowest BCUT2D eigenvalue weighted by molar-refractivity contribution is 0.192. The van der Waals surface area contributed by atoms with Gasteiger partial charge in [0.25, 0.3) is 5.56 Å². The molecule has 0 saturated carbocycles. The van der Waals surface area contributed by atoms with Gasteiger partial charge in [0.05, 0.1) is 11.9 Å². The maximum Gasteiger partial charge on any atom is 0.259 e. The van der Waals surface area contributed by atoms with Crippen LogP contribution in [0.5, 0.6) is 0 Å². The molecule has 6 heteroatoms. The van der Waals surface area contributed by atoms with Gasteiger partial charge in [0, 0.05) is 24.0 Å². The second-order valence-electron chi connectivity index (χ2n) is 6.99. The van der Waals surface area contributed by atoms with Gasteiger partial charge in [0.2, 0.25) is 0 Å². The number of H-pyrrole nitrogens is 2. The van der Waals surface area contributed by atoms with Gasteiger partial charge < -0.3 is 14.4 Å². The Kier molecular flexibility index (Phi) is 3.64. The van der Waals surface area contributed by atoms with E-state index in [1.807, 2.05) is 18.3 Å². The molecule has 0 aliphatic carbocycles. The Balaban J connectivity index is 1.29. The zero-order valence-corrected chi connectivity index (χ0v) is 14.4. The molecular weight excluding hydrogens is 328 g/mol. The van der Waals surface area contributed by atoms with Crippen molar-refractivity contribution in [2.24, 2.45) is 0 Å². The summed E-state index contributed by atoms with van der Waals surface area (Å²) in [5.41, 5.74) is 2.91. The number of aromatic amines is 2. The maximum atomic E-state index is 11.8. The van der Waals surface area contributed by atoms with E-state index in [0.29, 0.717) is 16.9 Å². The summed E-state index contributed by atoms with van der Waals surface area (Å²) in [5, 5.41) is 1.87. The minimum Gasteiger partial charge on any atom is -0.459 e. The number of furan rings is 1.